The first-order valence-electron chi connectivity index (χ1n) is 7.66. The van der Waals surface area contributed by atoms with Gasteiger partial charge in [0.2, 0.25) is 0 Å². The number of urea groups is 1. The predicted octanol–water partition coefficient (Wildman–Crippen LogP) is 1.79. The molecule has 2 amide bonds. The molecule has 1 saturated carbocycles. The van der Waals surface area contributed by atoms with Crippen LogP contribution in [0.15, 0.2) is 24.3 Å². The van der Waals surface area contributed by atoms with Gasteiger partial charge in [0.05, 0.1) is 12.7 Å². The minimum atomic E-state index is -0.380. The lowest BCUT2D eigenvalue weighted by Crippen LogP contribution is -2.50. The Balaban J connectivity index is 1.52. The molecule has 1 aromatic carbocycles. The van der Waals surface area contributed by atoms with Gasteiger partial charge in [0.15, 0.2) is 0 Å². The van der Waals surface area contributed by atoms with Crippen LogP contribution in [0, 0.1) is 0 Å². The molecule has 6 nitrogen and oxygen atoms in total. The fourth-order valence-electron chi connectivity index (χ4n) is 2.74. The molecule has 1 saturated heterocycles. The fourth-order valence-corrected chi connectivity index (χ4v) is 2.74. The van der Waals surface area contributed by atoms with Crippen LogP contribution in [0.4, 0.5) is 10.5 Å². The van der Waals surface area contributed by atoms with Crippen molar-refractivity contribution in [2.45, 2.75) is 18.9 Å². The summed E-state index contributed by atoms with van der Waals surface area (Å²) in [7, 11) is 1.35. The van der Waals surface area contributed by atoms with Crippen LogP contribution in [-0.4, -0.2) is 61.1 Å². The molecule has 0 spiro atoms. The van der Waals surface area contributed by atoms with E-state index in [2.05, 4.69) is 15.0 Å². The molecule has 2 fully saturated rings. The van der Waals surface area contributed by atoms with Crippen molar-refractivity contribution in [1.29, 1.82) is 0 Å². The van der Waals surface area contributed by atoms with Gasteiger partial charge in [-0.1, -0.05) is 0 Å². The average Bonchev–Trinajstić information content (AvgIpc) is 3.40. The SMILES string of the molecule is COC(=O)c1ccc(NC(=O)N2CCN(C3CC3)CC2)cc1. The number of hydrogen-bond acceptors (Lipinski definition) is 4. The lowest BCUT2D eigenvalue weighted by atomic mass is 10.2. The third-order valence-corrected chi connectivity index (χ3v) is 4.22. The van der Waals surface area contributed by atoms with E-state index < -0.39 is 0 Å². The van der Waals surface area contributed by atoms with Crippen molar-refractivity contribution in [2.24, 2.45) is 0 Å². The molecular weight excluding hydrogens is 282 g/mol. The summed E-state index contributed by atoms with van der Waals surface area (Å²) in [6, 6.07) is 7.39. The maximum Gasteiger partial charge on any atom is 0.337 e. The normalized spacial score (nSPS) is 18.9. The van der Waals surface area contributed by atoms with E-state index in [0.717, 1.165) is 32.2 Å². The van der Waals surface area contributed by atoms with E-state index in [-0.39, 0.29) is 12.0 Å². The summed E-state index contributed by atoms with van der Waals surface area (Å²) in [4.78, 5) is 27.9. The molecule has 0 aromatic heterocycles. The van der Waals surface area contributed by atoms with Crippen LogP contribution in [0.25, 0.3) is 0 Å². The quantitative estimate of drug-likeness (QED) is 0.865. The first-order valence-corrected chi connectivity index (χ1v) is 7.66. The fraction of sp³-hybridized carbons (Fsp3) is 0.500. The molecular formula is C16H21N3O3. The van der Waals surface area contributed by atoms with Crippen molar-refractivity contribution in [3.63, 3.8) is 0 Å². The number of nitrogens with zero attached hydrogens (tertiary/aromatic N) is 2. The Kier molecular flexibility index (Phi) is 4.29. The molecule has 1 N–H and O–H groups in total. The van der Waals surface area contributed by atoms with Crippen LogP contribution in [-0.2, 0) is 4.74 Å². The Hall–Kier alpha value is -2.08. The molecule has 0 radical (unpaired) electrons. The molecule has 3 rings (SSSR count). The van der Waals surface area contributed by atoms with Crippen molar-refractivity contribution >= 4 is 17.7 Å². The molecule has 1 heterocycles. The van der Waals surface area contributed by atoms with Crippen LogP contribution >= 0.6 is 0 Å². The Morgan fingerprint density at radius 3 is 2.27 bits per heavy atom. The number of rotatable bonds is 3. The summed E-state index contributed by atoms with van der Waals surface area (Å²) < 4.78 is 4.65. The minimum Gasteiger partial charge on any atom is -0.465 e. The molecule has 1 aliphatic heterocycles. The van der Waals surface area contributed by atoms with Gasteiger partial charge in [0.1, 0.15) is 0 Å². The van der Waals surface area contributed by atoms with Gasteiger partial charge in [0.25, 0.3) is 0 Å². The van der Waals surface area contributed by atoms with Crippen LogP contribution < -0.4 is 5.32 Å². The molecule has 0 bridgehead atoms. The highest BCUT2D eigenvalue weighted by Gasteiger charge is 2.32. The maximum absolute atomic E-state index is 12.2. The third-order valence-electron chi connectivity index (χ3n) is 4.22. The second kappa shape index (κ2) is 6.36. The van der Waals surface area contributed by atoms with Gasteiger partial charge >= 0.3 is 12.0 Å². The number of carbonyl (C=O) groups is 2. The average molecular weight is 303 g/mol. The molecule has 118 valence electrons. The van der Waals surface area contributed by atoms with Gasteiger partial charge in [-0.15, -0.1) is 0 Å². The van der Waals surface area contributed by atoms with Gasteiger partial charge in [-0.2, -0.15) is 0 Å². The number of nitrogens with one attached hydrogen (secondary N) is 1. The van der Waals surface area contributed by atoms with Crippen molar-refractivity contribution < 1.29 is 14.3 Å². The molecule has 2 aliphatic rings. The number of ether oxygens (including phenoxy) is 1. The molecule has 1 aromatic rings. The Morgan fingerprint density at radius 2 is 1.73 bits per heavy atom. The summed E-state index contributed by atoms with van der Waals surface area (Å²) in [6.07, 6.45) is 2.61. The van der Waals surface area contributed by atoms with E-state index in [1.807, 2.05) is 4.90 Å². The van der Waals surface area contributed by atoms with E-state index in [1.54, 1.807) is 24.3 Å². The van der Waals surface area contributed by atoms with Gasteiger partial charge in [-0.25, -0.2) is 9.59 Å². The summed E-state index contributed by atoms with van der Waals surface area (Å²) in [5.41, 5.74) is 1.15. The van der Waals surface area contributed by atoms with Crippen LogP contribution in [0.3, 0.4) is 0 Å². The lowest BCUT2D eigenvalue weighted by molar-refractivity contribution is 0.0601. The maximum atomic E-state index is 12.2. The molecule has 22 heavy (non-hydrogen) atoms. The minimum absolute atomic E-state index is 0.0822. The highest BCUT2D eigenvalue weighted by Crippen LogP contribution is 2.27. The number of methoxy groups -OCH3 is 1. The van der Waals surface area contributed by atoms with E-state index in [9.17, 15) is 9.59 Å². The second-order valence-corrected chi connectivity index (χ2v) is 5.75. The summed E-state index contributed by atoms with van der Waals surface area (Å²) in [6.45, 7) is 3.45. The molecule has 0 atom stereocenters. The Morgan fingerprint density at radius 1 is 1.09 bits per heavy atom. The second-order valence-electron chi connectivity index (χ2n) is 5.75. The zero-order valence-electron chi connectivity index (χ0n) is 12.7. The topological polar surface area (TPSA) is 61.9 Å². The number of anilines is 1. The highest BCUT2D eigenvalue weighted by molar-refractivity contribution is 5.92. The van der Waals surface area contributed by atoms with Crippen LogP contribution in [0.5, 0.6) is 0 Å². The Bertz CT molecular complexity index is 546. The highest BCUT2D eigenvalue weighted by atomic mass is 16.5. The zero-order chi connectivity index (χ0) is 15.5. The van der Waals surface area contributed by atoms with E-state index in [1.165, 1.54) is 20.0 Å². The Labute approximate surface area is 130 Å². The zero-order valence-corrected chi connectivity index (χ0v) is 12.7. The summed E-state index contributed by atoms with van der Waals surface area (Å²) in [5, 5.41) is 2.87. The largest absolute Gasteiger partial charge is 0.465 e. The van der Waals surface area contributed by atoms with Crippen LogP contribution in [0.1, 0.15) is 23.2 Å². The summed E-state index contributed by atoms with van der Waals surface area (Å²) >= 11 is 0. The monoisotopic (exact) mass is 303 g/mol. The molecule has 6 heteroatoms. The van der Waals surface area contributed by atoms with Crippen molar-refractivity contribution in [3.8, 4) is 0 Å². The number of carbonyl (C=O) groups excluding carboxylic acids is 2. The number of esters is 1. The summed E-state index contributed by atoms with van der Waals surface area (Å²) in [5.74, 6) is -0.380. The number of benzene rings is 1. The number of piperazine rings is 1. The smallest absolute Gasteiger partial charge is 0.337 e. The van der Waals surface area contributed by atoms with E-state index in [4.69, 9.17) is 0 Å². The standard InChI is InChI=1S/C16H21N3O3/c1-22-15(20)12-2-4-13(5-3-12)17-16(21)19-10-8-18(9-11-19)14-6-7-14/h2-5,14H,6-11H2,1H3,(H,17,21). The lowest BCUT2D eigenvalue weighted by Gasteiger charge is -2.34. The van der Waals surface area contributed by atoms with Gasteiger partial charge in [-0.05, 0) is 37.1 Å². The molecule has 0 unspecified atom stereocenters. The van der Waals surface area contributed by atoms with Crippen molar-refractivity contribution in [2.75, 3.05) is 38.6 Å². The van der Waals surface area contributed by atoms with Gasteiger partial charge in [-0.3, -0.25) is 4.90 Å². The van der Waals surface area contributed by atoms with Crippen molar-refractivity contribution in [1.82, 2.24) is 9.80 Å². The van der Waals surface area contributed by atoms with E-state index >= 15 is 0 Å². The van der Waals surface area contributed by atoms with E-state index in [0.29, 0.717) is 11.3 Å². The van der Waals surface area contributed by atoms with Gasteiger partial charge in [0, 0.05) is 37.9 Å². The first-order chi connectivity index (χ1) is 10.7. The predicted molar refractivity (Wildman–Crippen MR) is 83.0 cm³/mol. The number of hydrogen-bond donors (Lipinski definition) is 1. The van der Waals surface area contributed by atoms with Gasteiger partial charge < -0.3 is 15.0 Å². The number of amides is 2. The van der Waals surface area contributed by atoms with Crippen molar-refractivity contribution in [3.05, 3.63) is 29.8 Å². The molecule has 1 aliphatic carbocycles. The first kappa shape index (κ1) is 14.8. The van der Waals surface area contributed by atoms with Crippen LogP contribution in [0.2, 0.25) is 0 Å². The third kappa shape index (κ3) is 3.39.